The third-order valence-corrected chi connectivity index (χ3v) is 4.30. The summed E-state index contributed by atoms with van der Waals surface area (Å²) in [6.45, 7) is 9.57. The summed E-state index contributed by atoms with van der Waals surface area (Å²) < 4.78 is 0. The Morgan fingerprint density at radius 3 is 2.45 bits per heavy atom. The second kappa shape index (κ2) is 6.29. The fourth-order valence-corrected chi connectivity index (χ4v) is 2.60. The van der Waals surface area contributed by atoms with Gasteiger partial charge in [-0.1, -0.05) is 51.1 Å². The van der Waals surface area contributed by atoms with Gasteiger partial charge in [0.2, 0.25) is 0 Å². The molecule has 0 saturated carbocycles. The normalized spacial score (nSPS) is 18.4. The quantitative estimate of drug-likeness (QED) is 0.679. The molecule has 3 heteroatoms. The summed E-state index contributed by atoms with van der Waals surface area (Å²) in [6, 6.07) is 10.5. The molecule has 0 aliphatic carbocycles. The number of likely N-dealkylation sites (tertiary alicyclic amines) is 1. The fraction of sp³-hybridized carbons (Fsp3) is 0.588. The predicted octanol–water partition coefficient (Wildman–Crippen LogP) is 3.01. The highest BCUT2D eigenvalue weighted by molar-refractivity contribution is 5.78. The average molecular weight is 273 g/mol. The Hall–Kier alpha value is -1.51. The van der Waals surface area contributed by atoms with E-state index < -0.39 is 0 Å². The van der Waals surface area contributed by atoms with Crippen LogP contribution in [-0.2, 0) is 5.41 Å². The van der Waals surface area contributed by atoms with Crippen molar-refractivity contribution in [2.75, 3.05) is 19.6 Å². The molecule has 1 saturated heterocycles. The molecular formula is C17H27N3. The molecule has 0 atom stereocenters. The van der Waals surface area contributed by atoms with Crippen LogP contribution >= 0.6 is 0 Å². The molecule has 0 unspecified atom stereocenters. The Morgan fingerprint density at radius 2 is 1.85 bits per heavy atom. The molecule has 0 aromatic heterocycles. The summed E-state index contributed by atoms with van der Waals surface area (Å²) in [5.41, 5.74) is 7.49. The first kappa shape index (κ1) is 14.9. The van der Waals surface area contributed by atoms with Gasteiger partial charge in [-0.3, -0.25) is 4.99 Å². The molecule has 0 amide bonds. The van der Waals surface area contributed by atoms with Crippen LogP contribution in [0.4, 0.5) is 0 Å². The van der Waals surface area contributed by atoms with E-state index in [1.54, 1.807) is 0 Å². The number of aliphatic imine (C=N–C) groups is 1. The zero-order valence-electron chi connectivity index (χ0n) is 13.0. The van der Waals surface area contributed by atoms with Gasteiger partial charge < -0.3 is 10.6 Å². The first-order chi connectivity index (χ1) is 9.49. The number of rotatable bonds is 3. The molecule has 0 radical (unpaired) electrons. The molecule has 1 aliphatic rings. The van der Waals surface area contributed by atoms with E-state index in [4.69, 9.17) is 5.73 Å². The summed E-state index contributed by atoms with van der Waals surface area (Å²) in [7, 11) is 0. The number of piperidine rings is 1. The van der Waals surface area contributed by atoms with E-state index in [1.807, 2.05) is 6.07 Å². The standard InChI is InChI=1S/C17H27N3/c1-14-9-11-20(12-10-14)16(18)19-13-17(2,3)15-7-5-4-6-8-15/h4-8,14H,9-13H2,1-3H3,(H2,18,19). The number of nitrogens with zero attached hydrogens (tertiary/aromatic N) is 2. The maximum Gasteiger partial charge on any atom is 0.191 e. The first-order valence-electron chi connectivity index (χ1n) is 7.59. The second-order valence-corrected chi connectivity index (χ2v) is 6.59. The van der Waals surface area contributed by atoms with Crippen LogP contribution in [0.2, 0.25) is 0 Å². The van der Waals surface area contributed by atoms with Gasteiger partial charge in [0.15, 0.2) is 5.96 Å². The third kappa shape index (κ3) is 3.75. The number of guanidine groups is 1. The summed E-state index contributed by atoms with van der Waals surface area (Å²) in [6.07, 6.45) is 2.44. The van der Waals surface area contributed by atoms with Crippen molar-refractivity contribution in [2.24, 2.45) is 16.6 Å². The van der Waals surface area contributed by atoms with Gasteiger partial charge >= 0.3 is 0 Å². The maximum absolute atomic E-state index is 6.16. The summed E-state index contributed by atoms with van der Waals surface area (Å²) in [4.78, 5) is 6.86. The number of benzene rings is 1. The van der Waals surface area contributed by atoms with E-state index >= 15 is 0 Å². The van der Waals surface area contributed by atoms with Gasteiger partial charge in [-0.15, -0.1) is 0 Å². The predicted molar refractivity (Wildman–Crippen MR) is 85.9 cm³/mol. The fourth-order valence-electron chi connectivity index (χ4n) is 2.60. The SMILES string of the molecule is CC1CCN(C(N)=NCC(C)(C)c2ccccc2)CC1. The first-order valence-corrected chi connectivity index (χ1v) is 7.59. The molecule has 110 valence electrons. The van der Waals surface area contributed by atoms with E-state index in [9.17, 15) is 0 Å². The van der Waals surface area contributed by atoms with Crippen LogP contribution in [0.15, 0.2) is 35.3 Å². The highest BCUT2D eigenvalue weighted by atomic mass is 15.3. The molecule has 1 fully saturated rings. The maximum atomic E-state index is 6.16. The van der Waals surface area contributed by atoms with Gasteiger partial charge in [-0.2, -0.15) is 0 Å². The van der Waals surface area contributed by atoms with Crippen LogP contribution in [-0.4, -0.2) is 30.5 Å². The second-order valence-electron chi connectivity index (χ2n) is 6.59. The van der Waals surface area contributed by atoms with Crippen LogP contribution in [0.1, 0.15) is 39.2 Å². The van der Waals surface area contributed by atoms with E-state index in [1.165, 1.54) is 18.4 Å². The Balaban J connectivity index is 1.97. The Morgan fingerprint density at radius 1 is 1.25 bits per heavy atom. The zero-order chi connectivity index (χ0) is 14.6. The molecule has 1 aromatic carbocycles. The van der Waals surface area contributed by atoms with Gasteiger partial charge in [0.25, 0.3) is 0 Å². The minimum Gasteiger partial charge on any atom is -0.370 e. The van der Waals surface area contributed by atoms with Crippen LogP contribution in [0.3, 0.4) is 0 Å². The van der Waals surface area contributed by atoms with Crippen molar-refractivity contribution in [3.8, 4) is 0 Å². The Labute approximate surface area is 122 Å². The van der Waals surface area contributed by atoms with E-state index in [2.05, 4.69) is 54.9 Å². The van der Waals surface area contributed by atoms with Gasteiger partial charge in [-0.25, -0.2) is 0 Å². The molecule has 3 nitrogen and oxygen atoms in total. The Kier molecular flexibility index (Phi) is 4.69. The lowest BCUT2D eigenvalue weighted by Crippen LogP contribution is -2.43. The number of hydrogen-bond donors (Lipinski definition) is 1. The summed E-state index contributed by atoms with van der Waals surface area (Å²) in [5.74, 6) is 1.53. The van der Waals surface area contributed by atoms with Crippen LogP contribution in [0.25, 0.3) is 0 Å². The average Bonchev–Trinajstić information content (AvgIpc) is 2.46. The lowest BCUT2D eigenvalue weighted by molar-refractivity contribution is 0.277. The smallest absolute Gasteiger partial charge is 0.191 e. The van der Waals surface area contributed by atoms with Crippen LogP contribution < -0.4 is 5.73 Å². The number of hydrogen-bond acceptors (Lipinski definition) is 1. The molecule has 1 heterocycles. The molecular weight excluding hydrogens is 246 g/mol. The van der Waals surface area contributed by atoms with Crippen LogP contribution in [0, 0.1) is 5.92 Å². The topological polar surface area (TPSA) is 41.6 Å². The van der Waals surface area contributed by atoms with Crippen molar-refractivity contribution in [2.45, 2.75) is 39.0 Å². The van der Waals surface area contributed by atoms with Crippen molar-refractivity contribution >= 4 is 5.96 Å². The number of nitrogens with two attached hydrogens (primary N) is 1. The lowest BCUT2D eigenvalue weighted by atomic mass is 9.85. The minimum absolute atomic E-state index is 0.0228. The third-order valence-electron chi connectivity index (χ3n) is 4.30. The van der Waals surface area contributed by atoms with Gasteiger partial charge in [0.05, 0.1) is 6.54 Å². The van der Waals surface area contributed by atoms with Gasteiger partial charge in [0, 0.05) is 18.5 Å². The minimum atomic E-state index is 0.0228. The van der Waals surface area contributed by atoms with Crippen molar-refractivity contribution in [3.63, 3.8) is 0 Å². The molecule has 0 spiro atoms. The summed E-state index contributed by atoms with van der Waals surface area (Å²) >= 11 is 0. The molecule has 2 N–H and O–H groups in total. The molecule has 1 aromatic rings. The van der Waals surface area contributed by atoms with E-state index in [0.717, 1.165) is 25.6 Å². The molecule has 20 heavy (non-hydrogen) atoms. The van der Waals surface area contributed by atoms with Crippen molar-refractivity contribution in [3.05, 3.63) is 35.9 Å². The molecule has 2 rings (SSSR count). The monoisotopic (exact) mass is 273 g/mol. The highest BCUT2D eigenvalue weighted by Crippen LogP contribution is 2.23. The van der Waals surface area contributed by atoms with Crippen molar-refractivity contribution in [1.82, 2.24) is 4.90 Å². The highest BCUT2D eigenvalue weighted by Gasteiger charge is 2.21. The van der Waals surface area contributed by atoms with Crippen molar-refractivity contribution < 1.29 is 0 Å². The molecule has 1 aliphatic heterocycles. The van der Waals surface area contributed by atoms with Gasteiger partial charge in [-0.05, 0) is 24.3 Å². The lowest BCUT2D eigenvalue weighted by Gasteiger charge is -2.32. The summed E-state index contributed by atoms with van der Waals surface area (Å²) in [5, 5.41) is 0. The van der Waals surface area contributed by atoms with Gasteiger partial charge in [0.1, 0.15) is 0 Å². The van der Waals surface area contributed by atoms with Crippen molar-refractivity contribution in [1.29, 1.82) is 0 Å². The molecule has 0 bridgehead atoms. The largest absolute Gasteiger partial charge is 0.370 e. The van der Waals surface area contributed by atoms with Crippen LogP contribution in [0.5, 0.6) is 0 Å². The zero-order valence-corrected chi connectivity index (χ0v) is 13.0. The Bertz CT molecular complexity index is 443. The van der Waals surface area contributed by atoms with E-state index in [-0.39, 0.29) is 5.41 Å². The van der Waals surface area contributed by atoms with E-state index in [0.29, 0.717) is 5.96 Å².